The van der Waals surface area contributed by atoms with E-state index in [1.807, 2.05) is 54.6 Å². The third-order valence-electron chi connectivity index (χ3n) is 6.12. The highest BCUT2D eigenvalue weighted by Gasteiger charge is 2.24. The molecule has 0 atom stereocenters. The van der Waals surface area contributed by atoms with E-state index in [0.29, 0.717) is 30.1 Å². The molecule has 8 nitrogen and oxygen atoms in total. The van der Waals surface area contributed by atoms with Crippen LogP contribution in [0, 0.1) is 15.9 Å². The van der Waals surface area contributed by atoms with Crippen LogP contribution < -0.4 is 0 Å². The van der Waals surface area contributed by atoms with Gasteiger partial charge in [0.05, 0.1) is 29.1 Å². The molecule has 0 saturated carbocycles. The molecule has 0 aliphatic rings. The first-order valence-electron chi connectivity index (χ1n) is 11.6. The van der Waals surface area contributed by atoms with E-state index in [1.165, 1.54) is 18.3 Å². The maximum Gasteiger partial charge on any atom is 0.305 e. The van der Waals surface area contributed by atoms with E-state index in [-0.39, 0.29) is 23.6 Å². The zero-order valence-corrected chi connectivity index (χ0v) is 20.0. The minimum atomic E-state index is -0.983. The van der Waals surface area contributed by atoms with Crippen molar-refractivity contribution in [1.29, 1.82) is 0 Å². The number of rotatable bonds is 8. The van der Waals surface area contributed by atoms with Gasteiger partial charge in [0.15, 0.2) is 5.65 Å². The lowest BCUT2D eigenvalue weighted by Gasteiger charge is -2.13. The molecule has 37 heavy (non-hydrogen) atoms. The summed E-state index contributed by atoms with van der Waals surface area (Å²) in [6, 6.07) is 21.2. The van der Waals surface area contributed by atoms with E-state index < -0.39 is 16.4 Å². The maximum atomic E-state index is 15.2. The molecular weight excluding hydrogens is 475 g/mol. The zero-order valence-electron chi connectivity index (χ0n) is 20.0. The van der Waals surface area contributed by atoms with Crippen LogP contribution in [0.2, 0.25) is 0 Å². The summed E-state index contributed by atoms with van der Waals surface area (Å²) in [6.45, 7) is 0.467. The van der Waals surface area contributed by atoms with Crippen molar-refractivity contribution < 1.29 is 19.2 Å². The van der Waals surface area contributed by atoms with E-state index in [2.05, 4.69) is 9.97 Å². The standard InChI is InChI=1S/C28H23FN4O4/c1-37-17-20-10-5-9-19(13-20)14-22-28(34)32-24(15-18-7-3-2-4-8-18)27(30-16-25(32)31-22)21-11-6-12-23(26(21)29)33(35)36/h2-13,16,34H,14-15,17H2,1H3. The number of nitrogens with zero attached hydrogens (tertiary/aromatic N) is 4. The number of benzene rings is 3. The van der Waals surface area contributed by atoms with Crippen molar-refractivity contribution in [1.82, 2.24) is 14.4 Å². The summed E-state index contributed by atoms with van der Waals surface area (Å²) in [5.74, 6) is -1.07. The van der Waals surface area contributed by atoms with Crippen LogP contribution in [0.4, 0.5) is 10.1 Å². The lowest BCUT2D eigenvalue weighted by atomic mass is 10.0. The predicted octanol–water partition coefficient (Wildman–Crippen LogP) is 5.48. The molecule has 5 aromatic rings. The number of methoxy groups -OCH3 is 1. The van der Waals surface area contributed by atoms with E-state index in [0.717, 1.165) is 22.8 Å². The summed E-state index contributed by atoms with van der Waals surface area (Å²) in [6.07, 6.45) is 2.08. The van der Waals surface area contributed by atoms with Gasteiger partial charge in [-0.05, 0) is 22.8 Å². The number of nitro benzene ring substituents is 1. The van der Waals surface area contributed by atoms with Crippen LogP contribution >= 0.6 is 0 Å². The van der Waals surface area contributed by atoms with Gasteiger partial charge in [0.1, 0.15) is 5.69 Å². The SMILES string of the molecule is COCc1cccc(Cc2nc3cnc(-c4cccc([N+](=O)[O-])c4F)c(Cc4ccccc4)n3c2O)c1. The second-order valence-electron chi connectivity index (χ2n) is 8.62. The van der Waals surface area contributed by atoms with E-state index in [9.17, 15) is 15.2 Å². The molecule has 186 valence electrons. The fraction of sp³-hybridized carbons (Fsp3) is 0.143. The molecule has 2 aromatic heterocycles. The second-order valence-corrected chi connectivity index (χ2v) is 8.62. The van der Waals surface area contributed by atoms with Gasteiger partial charge in [0.25, 0.3) is 0 Å². The molecule has 0 bridgehead atoms. The summed E-state index contributed by atoms with van der Waals surface area (Å²) >= 11 is 0. The lowest BCUT2D eigenvalue weighted by Crippen LogP contribution is -2.05. The third-order valence-corrected chi connectivity index (χ3v) is 6.12. The number of imidazole rings is 1. The molecule has 0 spiro atoms. The molecule has 3 aromatic carbocycles. The minimum Gasteiger partial charge on any atom is -0.493 e. The Labute approximate surface area is 211 Å². The van der Waals surface area contributed by atoms with Crippen LogP contribution in [0.25, 0.3) is 16.9 Å². The molecule has 0 aliphatic heterocycles. The number of hydrogen-bond donors (Lipinski definition) is 1. The van der Waals surface area contributed by atoms with Crippen molar-refractivity contribution in [2.45, 2.75) is 19.4 Å². The van der Waals surface area contributed by atoms with Crippen molar-refractivity contribution in [3.63, 3.8) is 0 Å². The van der Waals surface area contributed by atoms with E-state index >= 15 is 4.39 Å². The van der Waals surface area contributed by atoms with Crippen LogP contribution in [0.5, 0.6) is 5.88 Å². The van der Waals surface area contributed by atoms with E-state index in [4.69, 9.17) is 4.74 Å². The zero-order chi connectivity index (χ0) is 25.9. The van der Waals surface area contributed by atoms with Gasteiger partial charge in [-0.1, -0.05) is 60.7 Å². The Balaban J connectivity index is 1.68. The Morgan fingerprint density at radius 1 is 1.00 bits per heavy atom. The molecule has 1 N–H and O–H groups in total. The average Bonchev–Trinajstić information content (AvgIpc) is 3.21. The van der Waals surface area contributed by atoms with Crippen LogP contribution in [0.1, 0.15) is 28.1 Å². The predicted molar refractivity (Wildman–Crippen MR) is 136 cm³/mol. The molecule has 0 aliphatic carbocycles. The first kappa shape index (κ1) is 24.1. The van der Waals surface area contributed by atoms with Gasteiger partial charge in [0, 0.05) is 31.6 Å². The van der Waals surface area contributed by atoms with Crippen LogP contribution in [0.3, 0.4) is 0 Å². The third kappa shape index (κ3) is 4.76. The van der Waals surface area contributed by atoms with Crippen LogP contribution in [0.15, 0.2) is 79.0 Å². The number of halogens is 1. The lowest BCUT2D eigenvalue weighted by molar-refractivity contribution is -0.387. The number of hydrogen-bond acceptors (Lipinski definition) is 6. The minimum absolute atomic E-state index is 0.0241. The molecule has 0 unspecified atom stereocenters. The normalized spacial score (nSPS) is 11.2. The van der Waals surface area contributed by atoms with Gasteiger partial charge < -0.3 is 9.84 Å². The Kier molecular flexibility index (Phi) is 6.61. The first-order chi connectivity index (χ1) is 18.0. The molecule has 0 saturated heterocycles. The summed E-state index contributed by atoms with van der Waals surface area (Å²) in [4.78, 5) is 19.7. The Morgan fingerprint density at radius 2 is 1.73 bits per heavy atom. The molecule has 5 rings (SSSR count). The fourth-order valence-electron chi connectivity index (χ4n) is 4.46. The van der Waals surface area contributed by atoms with Gasteiger partial charge in [-0.3, -0.25) is 19.5 Å². The van der Waals surface area contributed by atoms with Crippen molar-refractivity contribution in [2.75, 3.05) is 7.11 Å². The number of aromatic nitrogens is 3. The number of fused-ring (bicyclic) bond motifs is 1. The molecule has 0 radical (unpaired) electrons. The largest absolute Gasteiger partial charge is 0.493 e. The molecule has 9 heteroatoms. The second kappa shape index (κ2) is 10.2. The van der Waals surface area contributed by atoms with Gasteiger partial charge in [-0.25, -0.2) is 4.98 Å². The monoisotopic (exact) mass is 498 g/mol. The topological polar surface area (TPSA) is 103 Å². The number of nitro groups is 1. The average molecular weight is 499 g/mol. The highest BCUT2D eigenvalue weighted by Crippen LogP contribution is 2.34. The van der Waals surface area contributed by atoms with Crippen molar-refractivity contribution >= 4 is 11.3 Å². The van der Waals surface area contributed by atoms with Gasteiger partial charge in [-0.15, -0.1) is 0 Å². The summed E-state index contributed by atoms with van der Waals surface area (Å²) in [5.41, 5.74) is 3.65. The molecule has 2 heterocycles. The van der Waals surface area contributed by atoms with Gasteiger partial charge in [-0.2, -0.15) is 4.39 Å². The Morgan fingerprint density at radius 3 is 2.49 bits per heavy atom. The molecule has 0 amide bonds. The number of aromatic hydroxyl groups is 1. The number of ether oxygens (including phenoxy) is 1. The molecule has 0 fully saturated rings. The maximum absolute atomic E-state index is 15.2. The quantitative estimate of drug-likeness (QED) is 0.225. The van der Waals surface area contributed by atoms with Crippen molar-refractivity contribution in [2.24, 2.45) is 0 Å². The molecular formula is C28H23FN4O4. The van der Waals surface area contributed by atoms with Gasteiger partial charge in [0.2, 0.25) is 11.7 Å². The Bertz CT molecular complexity index is 1600. The van der Waals surface area contributed by atoms with Crippen molar-refractivity contribution in [3.05, 3.63) is 123 Å². The van der Waals surface area contributed by atoms with E-state index in [1.54, 1.807) is 11.5 Å². The van der Waals surface area contributed by atoms with Gasteiger partial charge >= 0.3 is 5.69 Å². The smallest absolute Gasteiger partial charge is 0.305 e. The van der Waals surface area contributed by atoms with Crippen LogP contribution in [-0.2, 0) is 24.2 Å². The van der Waals surface area contributed by atoms with Crippen LogP contribution in [-0.4, -0.2) is 31.5 Å². The summed E-state index contributed by atoms with van der Waals surface area (Å²) in [5, 5.41) is 22.7. The summed E-state index contributed by atoms with van der Waals surface area (Å²) in [7, 11) is 1.63. The highest BCUT2D eigenvalue weighted by atomic mass is 19.1. The Hall–Kier alpha value is -4.63. The first-order valence-corrected chi connectivity index (χ1v) is 11.6. The highest BCUT2D eigenvalue weighted by molar-refractivity contribution is 5.68. The van der Waals surface area contributed by atoms with Crippen molar-refractivity contribution in [3.8, 4) is 17.1 Å². The fourth-order valence-corrected chi connectivity index (χ4v) is 4.46. The summed E-state index contributed by atoms with van der Waals surface area (Å²) < 4.78 is 22.0.